The molecule has 145 heavy (non-hydrogen) atoms. The first-order valence-corrected chi connectivity index (χ1v) is 53.1. The zero-order valence-electron chi connectivity index (χ0n) is 78.9. The van der Waals surface area contributed by atoms with E-state index in [0.29, 0.717) is 131 Å². The van der Waals surface area contributed by atoms with Gasteiger partial charge < -0.3 is 55.7 Å². The second-order valence-electron chi connectivity index (χ2n) is 37.5. The van der Waals surface area contributed by atoms with Crippen molar-refractivity contribution in [2.45, 2.75) is 114 Å². The maximum Gasteiger partial charge on any atom is 0.261 e. The Hall–Kier alpha value is -15.3. The quantitative estimate of drug-likeness (QED) is 0.0474. The highest BCUT2D eigenvalue weighted by molar-refractivity contribution is 9.10. The number of carbonyl (C=O) groups is 10. The van der Waals surface area contributed by atoms with Gasteiger partial charge in [0.15, 0.2) is 17.3 Å². The summed E-state index contributed by atoms with van der Waals surface area (Å²) in [6.45, 7) is 2.30. The smallest absolute Gasteiger partial charge is 0.261 e. The normalized spacial score (nSPS) is 14.7. The van der Waals surface area contributed by atoms with Gasteiger partial charge in [0, 0.05) is 142 Å². The summed E-state index contributed by atoms with van der Waals surface area (Å²) in [5, 5.41) is 17.5. The number of anilines is 5. The fraction of sp³-hybridized carbons (Fsp3) is 0.193. The number of carbonyl (C=O) groups excluding carboxylic acids is 10. The number of halogens is 1. The number of nitrogens with zero attached hydrogens (tertiary/aromatic N) is 4. The van der Waals surface area contributed by atoms with Gasteiger partial charge in [0.05, 0.1) is 42.3 Å². The standard InChI is InChI=1S/C37H31N3O3S.C31H25BrN2O3S.C27H22N2O2S.C24H20N2O4S/c41-35(30-11-5-4-10-26(30)22-24-8-2-1-3-9-24)38-28-16-14-25(15-17-28)37(43)40-21-20-27-23-33(36(42)39-29-18-19-29)44-34(27)31-12-6-7-13-32(31)40;32-23-10-13-26-25(18-23)29-22(17-28(38-29)30(36)33-24-11-12-24)14-15-34(26)31(37)21-8-6-19(7-9-21)16-27(35)20-4-2-1-3-5-20;30-26(28-21-11-12-21)24-16-19-13-14-29(23-8-4-3-7-22(23)25(19)32-24)27(31)20-10-9-17-5-1-2-6-18(17)15-20;27-23(25-16-6-7-16)21-12-14-9-10-26(18-4-2-1-3-17(18)22(14)31-21)24(28)15-5-8-19-20(11-15)30-13-29-19/h1-17,23,29H,18-22H2,(H,38,41)(H,39,42);1-10,13,17-18,24H,11-12,14-16H2,(H,33,36);1-10,15-16,21H,11-14H2,(H,28,30);1-5,8,11-12,16H,6-7,9-10,13H2,(H,25,27). The van der Waals surface area contributed by atoms with Gasteiger partial charge in [0.25, 0.3) is 53.2 Å². The van der Waals surface area contributed by atoms with Crippen molar-refractivity contribution in [2.75, 3.05) is 57.9 Å². The summed E-state index contributed by atoms with van der Waals surface area (Å²) in [6.07, 6.45) is 12.1. The van der Waals surface area contributed by atoms with Crippen LogP contribution in [-0.2, 0) is 38.5 Å². The van der Waals surface area contributed by atoms with Crippen molar-refractivity contribution in [1.82, 2.24) is 21.3 Å². The number of hydrogen-bond donors (Lipinski definition) is 5. The van der Waals surface area contributed by atoms with Crippen LogP contribution in [-0.4, -0.2) is 116 Å². The number of thiophene rings is 4. The third-order valence-corrected chi connectivity index (χ3v) is 32.5. The number of nitrogens with one attached hydrogen (secondary N) is 5. The molecular formula is C119H98BrN9O12S4. The molecule has 0 unspecified atom stereocenters. The van der Waals surface area contributed by atoms with Crippen molar-refractivity contribution >= 4 is 159 Å². The summed E-state index contributed by atoms with van der Waals surface area (Å²) >= 11 is 9.61. The van der Waals surface area contributed by atoms with Crippen LogP contribution < -0.4 is 55.7 Å². The van der Waals surface area contributed by atoms with E-state index in [1.165, 1.54) is 45.3 Å². The molecule has 5 aliphatic heterocycles. The molecule has 9 heterocycles. The molecule has 0 saturated heterocycles. The molecule has 4 fully saturated rings. The Bertz CT molecular complexity index is 7790. The number of hydrogen-bond acceptors (Lipinski definition) is 16. The second kappa shape index (κ2) is 41.6. The first kappa shape index (κ1) is 94.6. The van der Waals surface area contributed by atoms with E-state index in [-0.39, 0.29) is 72.2 Å². The monoisotopic (exact) mass is 2050 g/mol. The molecule has 722 valence electrons. The topological polar surface area (TPSA) is 262 Å². The summed E-state index contributed by atoms with van der Waals surface area (Å²) < 4.78 is 11.7. The number of Topliss-reactive ketones (excluding diaryl/α,β-unsaturated/α-hetero) is 1. The molecule has 12 aromatic carbocycles. The third kappa shape index (κ3) is 21.1. The van der Waals surface area contributed by atoms with Gasteiger partial charge in [0.1, 0.15) is 0 Å². The Balaban J connectivity index is 0.000000111. The highest BCUT2D eigenvalue weighted by Crippen LogP contribution is 2.49. The van der Waals surface area contributed by atoms with E-state index in [1.807, 2.05) is 250 Å². The van der Waals surface area contributed by atoms with E-state index in [1.54, 1.807) is 54.6 Å². The van der Waals surface area contributed by atoms with E-state index < -0.39 is 0 Å². The minimum atomic E-state index is -0.187. The fourth-order valence-electron chi connectivity index (χ4n) is 18.9. The summed E-state index contributed by atoms with van der Waals surface area (Å²) in [5.74, 6) is 0.856. The molecule has 4 aliphatic carbocycles. The predicted octanol–water partition coefficient (Wildman–Crippen LogP) is 24.0. The van der Waals surface area contributed by atoms with Gasteiger partial charge in [-0.15, -0.1) is 45.3 Å². The highest BCUT2D eigenvalue weighted by atomic mass is 79.9. The maximum atomic E-state index is 13.8. The summed E-state index contributed by atoms with van der Waals surface area (Å²) in [7, 11) is 0. The molecule has 16 aromatic rings. The Labute approximate surface area is 862 Å². The zero-order valence-corrected chi connectivity index (χ0v) is 83.7. The maximum absolute atomic E-state index is 13.8. The number of benzene rings is 12. The summed E-state index contributed by atoms with van der Waals surface area (Å²) in [5.41, 5.74) is 19.0. The van der Waals surface area contributed by atoms with Gasteiger partial charge in [0.2, 0.25) is 6.79 Å². The predicted molar refractivity (Wildman–Crippen MR) is 578 cm³/mol. The van der Waals surface area contributed by atoms with Crippen molar-refractivity contribution in [2.24, 2.45) is 0 Å². The average Bonchev–Trinajstić information content (AvgIpc) is 1.64. The molecule has 9 amide bonds. The van der Waals surface area contributed by atoms with Gasteiger partial charge in [-0.1, -0.05) is 192 Å². The van der Waals surface area contributed by atoms with Crippen LogP contribution in [0.4, 0.5) is 28.4 Å². The summed E-state index contributed by atoms with van der Waals surface area (Å²) in [6, 6.07) is 99.6. The van der Waals surface area contributed by atoms with Crippen LogP contribution in [0.2, 0.25) is 0 Å². The lowest BCUT2D eigenvalue weighted by Gasteiger charge is -2.23. The van der Waals surface area contributed by atoms with Crippen LogP contribution in [0.1, 0.15) is 191 Å². The number of ketones is 1. The molecule has 0 atom stereocenters. The van der Waals surface area contributed by atoms with Crippen molar-refractivity contribution in [3.8, 4) is 53.3 Å². The first-order valence-electron chi connectivity index (χ1n) is 49.0. The van der Waals surface area contributed by atoms with Crippen LogP contribution in [0.5, 0.6) is 11.5 Å². The van der Waals surface area contributed by atoms with Crippen LogP contribution in [0, 0.1) is 0 Å². The summed E-state index contributed by atoms with van der Waals surface area (Å²) in [4.78, 5) is 146. The van der Waals surface area contributed by atoms with E-state index in [0.717, 1.165) is 191 Å². The lowest BCUT2D eigenvalue weighted by Crippen LogP contribution is -2.32. The van der Waals surface area contributed by atoms with Crippen LogP contribution in [0.15, 0.2) is 314 Å². The largest absolute Gasteiger partial charge is 0.454 e. The molecule has 26 heteroatoms. The van der Waals surface area contributed by atoms with E-state index >= 15 is 0 Å². The molecular weight excluding hydrogens is 1960 g/mol. The van der Waals surface area contributed by atoms with Crippen LogP contribution in [0.3, 0.4) is 0 Å². The lowest BCUT2D eigenvalue weighted by atomic mass is 9.99. The molecule has 25 rings (SSSR count). The van der Waals surface area contributed by atoms with Crippen LogP contribution in [0.25, 0.3) is 52.5 Å². The highest BCUT2D eigenvalue weighted by Gasteiger charge is 2.37. The number of rotatable bonds is 19. The molecule has 5 N–H and O–H groups in total. The van der Waals surface area contributed by atoms with Gasteiger partial charge in [-0.3, -0.25) is 47.9 Å². The average molecular weight is 2050 g/mol. The Morgan fingerprint density at radius 1 is 0.310 bits per heavy atom. The molecule has 21 nitrogen and oxygen atoms in total. The van der Waals surface area contributed by atoms with Crippen LogP contribution >= 0.6 is 61.3 Å². The number of fused-ring (bicyclic) bond motifs is 14. The van der Waals surface area contributed by atoms with Gasteiger partial charge in [-0.05, 0) is 267 Å². The van der Waals surface area contributed by atoms with E-state index in [9.17, 15) is 47.9 Å². The number of ether oxygens (including phenoxy) is 2. The lowest BCUT2D eigenvalue weighted by molar-refractivity contribution is 0.0946. The van der Waals surface area contributed by atoms with Crippen molar-refractivity contribution < 1.29 is 57.4 Å². The van der Waals surface area contributed by atoms with Gasteiger partial charge in [-0.25, -0.2) is 0 Å². The Kier molecular flexibility index (Phi) is 27.1. The van der Waals surface area contributed by atoms with Gasteiger partial charge in [-0.2, -0.15) is 0 Å². The molecule has 4 aromatic heterocycles. The molecule has 9 aliphatic rings. The molecule has 4 saturated carbocycles. The molecule has 0 bridgehead atoms. The van der Waals surface area contributed by atoms with Crippen molar-refractivity contribution in [3.63, 3.8) is 0 Å². The minimum absolute atomic E-state index is 0.00468. The SMILES string of the molecule is O=C(Cc1ccc(C(=O)N2CCc3cc(C(=O)NC4CC4)sc3-c3cc(Br)ccc32)cc1)c1ccccc1.O=C(NC1CC1)c1cc2c(s1)-c1ccccc1N(C(=O)c1ccc(NC(=O)c3ccccc3Cc3ccccc3)cc1)CC2.O=C(NC1CC1)c1cc2c(s1)-c1ccccc1N(C(=O)c1ccc3c(c1)OCO3)CC2.O=C(NC1CC1)c1cc2c(s1)-c1ccccc1N(C(=O)c1ccc3ccccc3c1)CC2. The van der Waals surface area contributed by atoms with E-state index in [2.05, 4.69) is 66.8 Å². The Morgan fingerprint density at radius 3 is 1.17 bits per heavy atom. The number of para-hydroxylation sites is 3. The first-order chi connectivity index (χ1) is 70.8. The van der Waals surface area contributed by atoms with Crippen molar-refractivity contribution in [3.05, 3.63) is 406 Å². The fourth-order valence-corrected chi connectivity index (χ4v) is 23.8. The zero-order chi connectivity index (χ0) is 98.9. The van der Waals surface area contributed by atoms with Gasteiger partial charge >= 0.3 is 0 Å². The molecule has 0 radical (unpaired) electrons. The Morgan fingerprint density at radius 2 is 0.690 bits per heavy atom. The molecule has 0 spiro atoms. The second-order valence-corrected chi connectivity index (χ2v) is 42.7. The van der Waals surface area contributed by atoms with E-state index in [4.69, 9.17) is 9.47 Å². The number of amides is 9. The third-order valence-electron chi connectivity index (χ3n) is 27.2. The minimum Gasteiger partial charge on any atom is -0.454 e. The van der Waals surface area contributed by atoms with Crippen molar-refractivity contribution in [1.29, 1.82) is 0 Å².